The predicted octanol–water partition coefficient (Wildman–Crippen LogP) is 4.48. The average Bonchev–Trinajstić information content (AvgIpc) is 3.29. The van der Waals surface area contributed by atoms with Gasteiger partial charge in [-0.25, -0.2) is 4.39 Å². The van der Waals surface area contributed by atoms with Crippen molar-refractivity contribution in [3.8, 4) is 10.4 Å². The number of hydrogen-bond acceptors (Lipinski definition) is 5. The lowest BCUT2D eigenvalue weighted by atomic mass is 10.2. The van der Waals surface area contributed by atoms with E-state index in [0.717, 1.165) is 28.4 Å². The molecule has 3 aromatic rings. The highest BCUT2D eigenvalue weighted by Gasteiger charge is 2.14. The molecule has 0 bridgehead atoms. The molecule has 1 aromatic heterocycles. The van der Waals surface area contributed by atoms with Crippen LogP contribution in [0.15, 0.2) is 66.7 Å². The van der Waals surface area contributed by atoms with E-state index in [1.54, 1.807) is 42.5 Å². The summed E-state index contributed by atoms with van der Waals surface area (Å²) >= 11 is 1.52. The van der Waals surface area contributed by atoms with Gasteiger partial charge in [-0.2, -0.15) is 0 Å². The van der Waals surface area contributed by atoms with Crippen LogP contribution in [0.4, 0.5) is 15.8 Å². The highest BCUT2D eigenvalue weighted by Crippen LogP contribution is 2.29. The van der Waals surface area contributed by atoms with Gasteiger partial charge in [0.25, 0.3) is 0 Å². The van der Waals surface area contributed by atoms with Crippen LogP contribution in [0.2, 0.25) is 0 Å². The number of halogens is 1. The number of amides is 2. The standard InChI is InChI=1S/C25H24FN3O3S/c26-19-3-1-18(2-4-19)23-11-9-22(33-23)10-12-24(30)27-20-5-7-21(8-6-20)28-25(31)17-29-13-15-32-16-14-29/h1-12H,13-17H2,(H,27,30)(H,28,31)/b12-10+. The smallest absolute Gasteiger partial charge is 0.248 e. The minimum Gasteiger partial charge on any atom is -0.379 e. The summed E-state index contributed by atoms with van der Waals surface area (Å²) in [6.07, 6.45) is 3.21. The summed E-state index contributed by atoms with van der Waals surface area (Å²) in [7, 11) is 0. The lowest BCUT2D eigenvalue weighted by Crippen LogP contribution is -2.41. The van der Waals surface area contributed by atoms with E-state index in [9.17, 15) is 14.0 Å². The van der Waals surface area contributed by atoms with Gasteiger partial charge in [0.2, 0.25) is 11.8 Å². The van der Waals surface area contributed by atoms with Crippen LogP contribution in [0, 0.1) is 5.82 Å². The van der Waals surface area contributed by atoms with Crippen LogP contribution in [-0.4, -0.2) is 49.6 Å². The molecule has 1 fully saturated rings. The van der Waals surface area contributed by atoms with Gasteiger partial charge in [0, 0.05) is 40.3 Å². The summed E-state index contributed by atoms with van der Waals surface area (Å²) in [5, 5.41) is 5.67. The van der Waals surface area contributed by atoms with E-state index in [1.165, 1.54) is 29.5 Å². The molecular formula is C25H24FN3O3S. The number of ether oxygens (including phenoxy) is 1. The zero-order valence-electron chi connectivity index (χ0n) is 17.9. The number of hydrogen-bond donors (Lipinski definition) is 2. The number of carbonyl (C=O) groups is 2. The summed E-state index contributed by atoms with van der Waals surface area (Å²) in [5.74, 6) is -0.598. The van der Waals surface area contributed by atoms with Gasteiger partial charge < -0.3 is 15.4 Å². The molecule has 33 heavy (non-hydrogen) atoms. The lowest BCUT2D eigenvalue weighted by molar-refractivity contribution is -0.118. The summed E-state index contributed by atoms with van der Waals surface area (Å²) in [6, 6.07) is 17.2. The molecule has 0 aliphatic carbocycles. The molecule has 0 saturated carbocycles. The quantitative estimate of drug-likeness (QED) is 0.505. The Bertz CT molecular complexity index is 1120. The molecule has 0 atom stereocenters. The summed E-state index contributed by atoms with van der Waals surface area (Å²) in [5.41, 5.74) is 2.24. The molecule has 2 N–H and O–H groups in total. The van der Waals surface area contributed by atoms with E-state index in [2.05, 4.69) is 15.5 Å². The third-order valence-electron chi connectivity index (χ3n) is 5.06. The number of rotatable bonds is 7. The van der Waals surface area contributed by atoms with Crippen molar-refractivity contribution in [3.63, 3.8) is 0 Å². The molecule has 0 unspecified atom stereocenters. The van der Waals surface area contributed by atoms with Gasteiger partial charge in [0.1, 0.15) is 5.82 Å². The van der Waals surface area contributed by atoms with Crippen molar-refractivity contribution in [2.45, 2.75) is 0 Å². The second-order valence-electron chi connectivity index (χ2n) is 7.55. The molecule has 0 radical (unpaired) electrons. The number of morpholine rings is 1. The molecular weight excluding hydrogens is 441 g/mol. The van der Waals surface area contributed by atoms with E-state index in [4.69, 9.17) is 4.74 Å². The minimum atomic E-state index is -0.268. The Morgan fingerprint density at radius 1 is 0.939 bits per heavy atom. The Kier molecular flexibility index (Phi) is 7.62. The fourth-order valence-electron chi connectivity index (χ4n) is 3.35. The molecule has 2 amide bonds. The Balaban J connectivity index is 1.26. The van der Waals surface area contributed by atoms with Crippen molar-refractivity contribution in [1.82, 2.24) is 4.90 Å². The van der Waals surface area contributed by atoms with Gasteiger partial charge >= 0.3 is 0 Å². The van der Waals surface area contributed by atoms with Crippen LogP contribution in [0.25, 0.3) is 16.5 Å². The molecule has 0 spiro atoms. The zero-order valence-corrected chi connectivity index (χ0v) is 18.7. The maximum Gasteiger partial charge on any atom is 0.248 e. The first kappa shape index (κ1) is 22.8. The molecule has 2 aromatic carbocycles. The van der Waals surface area contributed by atoms with Gasteiger partial charge in [-0.3, -0.25) is 14.5 Å². The van der Waals surface area contributed by atoms with Crippen molar-refractivity contribution in [2.24, 2.45) is 0 Å². The fraction of sp³-hybridized carbons (Fsp3) is 0.200. The van der Waals surface area contributed by atoms with E-state index in [1.807, 2.05) is 12.1 Å². The number of anilines is 2. The van der Waals surface area contributed by atoms with Crippen molar-refractivity contribution in [2.75, 3.05) is 43.5 Å². The molecule has 8 heteroatoms. The third kappa shape index (κ3) is 6.82. The zero-order chi connectivity index (χ0) is 23.0. The second kappa shape index (κ2) is 11.0. The molecule has 1 aliphatic rings. The van der Waals surface area contributed by atoms with Gasteiger partial charge in [0.05, 0.1) is 19.8 Å². The van der Waals surface area contributed by atoms with Crippen molar-refractivity contribution < 1.29 is 18.7 Å². The van der Waals surface area contributed by atoms with Crippen LogP contribution in [0.5, 0.6) is 0 Å². The van der Waals surface area contributed by atoms with Crippen molar-refractivity contribution in [3.05, 3.63) is 77.4 Å². The Labute approximate surface area is 195 Å². The molecule has 1 aliphatic heterocycles. The normalized spacial score (nSPS) is 14.3. The molecule has 6 nitrogen and oxygen atoms in total. The number of carbonyl (C=O) groups excluding carboxylic acids is 2. The van der Waals surface area contributed by atoms with Crippen molar-refractivity contribution >= 4 is 40.6 Å². The fourth-order valence-corrected chi connectivity index (χ4v) is 4.27. The predicted molar refractivity (Wildman–Crippen MR) is 130 cm³/mol. The molecule has 1 saturated heterocycles. The van der Waals surface area contributed by atoms with E-state index >= 15 is 0 Å². The van der Waals surface area contributed by atoms with E-state index < -0.39 is 0 Å². The third-order valence-corrected chi connectivity index (χ3v) is 6.16. The van der Waals surface area contributed by atoms with E-state index in [0.29, 0.717) is 31.1 Å². The maximum atomic E-state index is 13.1. The van der Waals surface area contributed by atoms with Crippen LogP contribution in [-0.2, 0) is 14.3 Å². The molecule has 2 heterocycles. The SMILES string of the molecule is O=C(/C=C/c1ccc(-c2ccc(F)cc2)s1)Nc1ccc(NC(=O)CN2CCOCC2)cc1. The largest absolute Gasteiger partial charge is 0.379 e. The van der Waals surface area contributed by atoms with Crippen LogP contribution in [0.3, 0.4) is 0 Å². The van der Waals surface area contributed by atoms with Gasteiger partial charge in [-0.15, -0.1) is 11.3 Å². The lowest BCUT2D eigenvalue weighted by Gasteiger charge is -2.25. The molecule has 170 valence electrons. The monoisotopic (exact) mass is 465 g/mol. The first-order valence-corrected chi connectivity index (χ1v) is 11.4. The van der Waals surface area contributed by atoms with Crippen molar-refractivity contribution in [1.29, 1.82) is 0 Å². The van der Waals surface area contributed by atoms with Gasteiger partial charge in [-0.05, 0) is 60.2 Å². The maximum absolute atomic E-state index is 13.1. The minimum absolute atomic E-state index is 0.0763. The topological polar surface area (TPSA) is 70.7 Å². The highest BCUT2D eigenvalue weighted by molar-refractivity contribution is 7.16. The number of nitrogens with one attached hydrogen (secondary N) is 2. The van der Waals surface area contributed by atoms with Crippen LogP contribution >= 0.6 is 11.3 Å². The first-order valence-electron chi connectivity index (χ1n) is 10.6. The van der Waals surface area contributed by atoms with E-state index in [-0.39, 0.29) is 17.6 Å². The summed E-state index contributed by atoms with van der Waals surface area (Å²) in [6.45, 7) is 3.14. The first-order chi connectivity index (χ1) is 16.0. The Hall–Kier alpha value is -3.33. The highest BCUT2D eigenvalue weighted by atomic mass is 32.1. The van der Waals surface area contributed by atoms with Gasteiger partial charge in [-0.1, -0.05) is 12.1 Å². The Morgan fingerprint density at radius 2 is 1.61 bits per heavy atom. The summed E-state index contributed by atoms with van der Waals surface area (Å²) in [4.78, 5) is 28.4. The summed E-state index contributed by atoms with van der Waals surface area (Å²) < 4.78 is 18.4. The van der Waals surface area contributed by atoms with Crippen LogP contribution < -0.4 is 10.6 Å². The molecule has 4 rings (SSSR count). The second-order valence-corrected chi connectivity index (χ2v) is 8.66. The van der Waals surface area contributed by atoms with Crippen LogP contribution in [0.1, 0.15) is 4.88 Å². The number of thiophene rings is 1. The van der Waals surface area contributed by atoms with Gasteiger partial charge in [0.15, 0.2) is 0 Å². The Morgan fingerprint density at radius 3 is 2.30 bits per heavy atom. The average molecular weight is 466 g/mol. The number of nitrogens with zero attached hydrogens (tertiary/aromatic N) is 1. The number of benzene rings is 2.